The van der Waals surface area contributed by atoms with Crippen LogP contribution in [0.15, 0.2) is 65.6 Å². The van der Waals surface area contributed by atoms with Gasteiger partial charge in [0.05, 0.1) is 11.9 Å². The van der Waals surface area contributed by atoms with Gasteiger partial charge in [-0.3, -0.25) is 14.6 Å². The standard InChI is InChI=1S/C16H15N3O/c17-15-11-19(18-16(15)20)14-8-4-7-13(10-14)9-12-5-2-1-3-6-12/h1-8,10-11H,9,17H2,(H,18,20). The number of rotatable bonds is 3. The number of hydrogen-bond acceptors (Lipinski definition) is 2. The molecule has 0 aliphatic rings. The monoisotopic (exact) mass is 265 g/mol. The Labute approximate surface area is 116 Å². The molecule has 0 unspecified atom stereocenters. The molecular weight excluding hydrogens is 250 g/mol. The fourth-order valence-electron chi connectivity index (χ4n) is 2.19. The van der Waals surface area contributed by atoms with Crippen molar-refractivity contribution >= 4 is 5.69 Å². The number of nitrogen functional groups attached to an aromatic ring is 1. The van der Waals surface area contributed by atoms with Gasteiger partial charge in [0.15, 0.2) is 0 Å². The summed E-state index contributed by atoms with van der Waals surface area (Å²) in [6.07, 6.45) is 2.46. The molecule has 4 nitrogen and oxygen atoms in total. The van der Waals surface area contributed by atoms with Gasteiger partial charge in [0.1, 0.15) is 5.69 Å². The highest BCUT2D eigenvalue weighted by atomic mass is 16.1. The van der Waals surface area contributed by atoms with Crippen molar-refractivity contribution in [2.24, 2.45) is 0 Å². The summed E-state index contributed by atoms with van der Waals surface area (Å²) in [6, 6.07) is 18.3. The van der Waals surface area contributed by atoms with Gasteiger partial charge in [-0.1, -0.05) is 42.5 Å². The molecule has 0 radical (unpaired) electrons. The van der Waals surface area contributed by atoms with Gasteiger partial charge in [-0.25, -0.2) is 0 Å². The Hall–Kier alpha value is -2.75. The lowest BCUT2D eigenvalue weighted by molar-refractivity contribution is 0.862. The van der Waals surface area contributed by atoms with E-state index >= 15 is 0 Å². The van der Waals surface area contributed by atoms with E-state index in [1.165, 1.54) is 11.1 Å². The van der Waals surface area contributed by atoms with E-state index in [2.05, 4.69) is 23.3 Å². The van der Waals surface area contributed by atoms with Crippen LogP contribution in [0, 0.1) is 0 Å². The minimum absolute atomic E-state index is 0.221. The van der Waals surface area contributed by atoms with Crippen LogP contribution in [0.1, 0.15) is 11.1 Å². The van der Waals surface area contributed by atoms with Crippen molar-refractivity contribution in [2.75, 3.05) is 5.73 Å². The van der Waals surface area contributed by atoms with Gasteiger partial charge in [-0.15, -0.1) is 0 Å². The van der Waals surface area contributed by atoms with E-state index in [-0.39, 0.29) is 11.2 Å². The van der Waals surface area contributed by atoms with Crippen molar-refractivity contribution in [3.05, 3.63) is 82.3 Å². The molecule has 20 heavy (non-hydrogen) atoms. The van der Waals surface area contributed by atoms with Crippen LogP contribution in [0.3, 0.4) is 0 Å². The molecular formula is C16H15N3O. The lowest BCUT2D eigenvalue weighted by atomic mass is 10.0. The fraction of sp³-hybridized carbons (Fsp3) is 0.0625. The first kappa shape index (κ1) is 12.3. The van der Waals surface area contributed by atoms with Gasteiger partial charge in [0.2, 0.25) is 0 Å². The maximum absolute atomic E-state index is 11.4. The zero-order chi connectivity index (χ0) is 13.9. The van der Waals surface area contributed by atoms with Crippen LogP contribution in [0.25, 0.3) is 5.69 Å². The molecule has 0 atom stereocenters. The number of H-pyrrole nitrogens is 1. The summed E-state index contributed by atoms with van der Waals surface area (Å²) in [6.45, 7) is 0. The van der Waals surface area contributed by atoms with Gasteiger partial charge in [-0.05, 0) is 29.7 Å². The largest absolute Gasteiger partial charge is 0.393 e. The Morgan fingerprint density at radius 2 is 1.75 bits per heavy atom. The minimum atomic E-state index is -0.265. The van der Waals surface area contributed by atoms with Gasteiger partial charge in [0.25, 0.3) is 5.56 Å². The Kier molecular flexibility index (Phi) is 3.13. The summed E-state index contributed by atoms with van der Waals surface area (Å²) in [5.41, 5.74) is 8.86. The summed E-state index contributed by atoms with van der Waals surface area (Å²) in [4.78, 5) is 11.4. The van der Waals surface area contributed by atoms with Crippen molar-refractivity contribution in [1.29, 1.82) is 0 Å². The zero-order valence-electron chi connectivity index (χ0n) is 10.9. The van der Waals surface area contributed by atoms with Gasteiger partial charge in [0, 0.05) is 0 Å². The molecule has 2 aromatic carbocycles. The maximum atomic E-state index is 11.4. The van der Waals surface area contributed by atoms with Crippen LogP contribution in [-0.4, -0.2) is 9.78 Å². The van der Waals surface area contributed by atoms with Crippen LogP contribution in [-0.2, 0) is 6.42 Å². The molecule has 0 spiro atoms. The molecule has 100 valence electrons. The summed E-state index contributed by atoms with van der Waals surface area (Å²) in [7, 11) is 0. The molecule has 3 rings (SSSR count). The molecule has 4 heteroatoms. The SMILES string of the molecule is Nc1cn(-c2cccc(Cc3ccccc3)c2)[nH]c1=O. The van der Waals surface area contributed by atoms with Crippen LogP contribution in [0.4, 0.5) is 5.69 Å². The number of hydrogen-bond donors (Lipinski definition) is 2. The first-order valence-electron chi connectivity index (χ1n) is 6.43. The highest BCUT2D eigenvalue weighted by molar-refractivity contribution is 5.41. The van der Waals surface area contributed by atoms with E-state index in [9.17, 15) is 4.79 Å². The molecule has 0 bridgehead atoms. The number of aromatic amines is 1. The third kappa shape index (κ3) is 2.49. The molecule has 1 aromatic heterocycles. The molecule has 0 saturated heterocycles. The minimum Gasteiger partial charge on any atom is -0.393 e. The number of nitrogens with zero attached hydrogens (tertiary/aromatic N) is 1. The lowest BCUT2D eigenvalue weighted by Gasteiger charge is -2.06. The Bertz CT molecular complexity index is 772. The number of nitrogens with two attached hydrogens (primary N) is 1. The topological polar surface area (TPSA) is 63.8 Å². The number of benzene rings is 2. The summed E-state index contributed by atoms with van der Waals surface area (Å²) >= 11 is 0. The maximum Gasteiger partial charge on any atom is 0.287 e. The van der Waals surface area contributed by atoms with Gasteiger partial charge in [-0.2, -0.15) is 0 Å². The molecule has 0 aliphatic heterocycles. The first-order chi connectivity index (χ1) is 9.72. The predicted octanol–water partition coefficient (Wildman–Crippen LogP) is 2.34. The summed E-state index contributed by atoms with van der Waals surface area (Å²) in [5.74, 6) is 0. The van der Waals surface area contributed by atoms with Crippen molar-refractivity contribution in [3.8, 4) is 5.69 Å². The van der Waals surface area contributed by atoms with E-state index in [0.29, 0.717) is 0 Å². The molecule has 1 heterocycles. The van der Waals surface area contributed by atoms with E-state index in [4.69, 9.17) is 5.73 Å². The normalized spacial score (nSPS) is 10.6. The quantitative estimate of drug-likeness (QED) is 0.763. The van der Waals surface area contributed by atoms with E-state index in [1.807, 2.05) is 36.4 Å². The van der Waals surface area contributed by atoms with Gasteiger partial charge >= 0.3 is 0 Å². The molecule has 3 N–H and O–H groups in total. The Morgan fingerprint density at radius 1 is 1.00 bits per heavy atom. The average molecular weight is 265 g/mol. The van der Waals surface area contributed by atoms with Crippen LogP contribution in [0.5, 0.6) is 0 Å². The second-order valence-corrected chi connectivity index (χ2v) is 4.73. The number of aromatic nitrogens is 2. The summed E-state index contributed by atoms with van der Waals surface area (Å²) < 4.78 is 1.64. The van der Waals surface area contributed by atoms with E-state index in [0.717, 1.165) is 12.1 Å². The van der Waals surface area contributed by atoms with Crippen molar-refractivity contribution in [2.45, 2.75) is 6.42 Å². The predicted molar refractivity (Wildman–Crippen MR) is 80.1 cm³/mol. The molecule has 0 aliphatic carbocycles. The fourth-order valence-corrected chi connectivity index (χ4v) is 2.19. The van der Waals surface area contributed by atoms with Crippen LogP contribution < -0.4 is 11.3 Å². The van der Waals surface area contributed by atoms with Crippen LogP contribution in [0.2, 0.25) is 0 Å². The van der Waals surface area contributed by atoms with E-state index in [1.54, 1.807) is 10.9 Å². The highest BCUT2D eigenvalue weighted by Gasteiger charge is 2.03. The molecule has 3 aromatic rings. The van der Waals surface area contributed by atoms with Gasteiger partial charge < -0.3 is 5.73 Å². The second-order valence-electron chi connectivity index (χ2n) is 4.73. The van der Waals surface area contributed by atoms with Crippen LogP contribution >= 0.6 is 0 Å². The van der Waals surface area contributed by atoms with Crippen molar-refractivity contribution in [1.82, 2.24) is 9.78 Å². The second kappa shape index (κ2) is 5.09. The third-order valence-electron chi connectivity index (χ3n) is 3.19. The van der Waals surface area contributed by atoms with Crippen molar-refractivity contribution in [3.63, 3.8) is 0 Å². The Balaban J connectivity index is 1.92. The molecule has 0 saturated carbocycles. The number of anilines is 1. The lowest BCUT2D eigenvalue weighted by Crippen LogP contribution is -2.06. The highest BCUT2D eigenvalue weighted by Crippen LogP contribution is 2.14. The Morgan fingerprint density at radius 3 is 2.45 bits per heavy atom. The molecule has 0 fully saturated rings. The third-order valence-corrected chi connectivity index (χ3v) is 3.19. The summed E-state index contributed by atoms with van der Waals surface area (Å²) in [5, 5.41) is 2.69. The molecule has 0 amide bonds. The number of nitrogens with one attached hydrogen (secondary N) is 1. The first-order valence-corrected chi connectivity index (χ1v) is 6.43. The average Bonchev–Trinajstić information content (AvgIpc) is 2.80. The smallest absolute Gasteiger partial charge is 0.287 e. The zero-order valence-corrected chi connectivity index (χ0v) is 10.9. The van der Waals surface area contributed by atoms with E-state index < -0.39 is 0 Å². The van der Waals surface area contributed by atoms with Crippen molar-refractivity contribution < 1.29 is 0 Å².